The highest BCUT2D eigenvalue weighted by Gasteiger charge is 2.65. The summed E-state index contributed by atoms with van der Waals surface area (Å²) in [5, 5.41) is 2.23. The molecule has 0 spiro atoms. The topological polar surface area (TPSA) is 85.5 Å². The Morgan fingerprint density at radius 3 is 2.18 bits per heavy atom. The van der Waals surface area contributed by atoms with Crippen LogP contribution in [0.2, 0.25) is 0 Å². The summed E-state index contributed by atoms with van der Waals surface area (Å²) >= 11 is 0. The van der Waals surface area contributed by atoms with E-state index in [0.29, 0.717) is 12.3 Å². The molecule has 0 radical (unpaired) electrons. The number of rotatable bonds is 6. The van der Waals surface area contributed by atoms with Gasteiger partial charge in [0.2, 0.25) is 5.95 Å². The molecule has 0 atom stereocenters. The van der Waals surface area contributed by atoms with Gasteiger partial charge < -0.3 is 5.32 Å². The van der Waals surface area contributed by atoms with E-state index in [1.54, 1.807) is 0 Å². The maximum absolute atomic E-state index is 14.2. The molecule has 3 rings (SSSR count). The molecule has 3 N–H and O–H groups in total. The molecule has 0 aliphatic rings. The van der Waals surface area contributed by atoms with E-state index in [1.165, 1.54) is 0 Å². The third-order valence-corrected chi connectivity index (χ3v) is 6.09. The summed E-state index contributed by atoms with van der Waals surface area (Å²) in [5.74, 6) is -4.35. The maximum atomic E-state index is 14.2. The van der Waals surface area contributed by atoms with Crippen LogP contribution in [-0.4, -0.2) is 16.2 Å². The number of aromatic nitrogens is 2. The first-order valence-corrected chi connectivity index (χ1v) is 12.9. The Hall–Kier alpha value is -2.94. The van der Waals surface area contributed by atoms with E-state index in [0.717, 1.165) is 24.5 Å². The van der Waals surface area contributed by atoms with Gasteiger partial charge in [0.25, 0.3) is 0 Å². The van der Waals surface area contributed by atoms with Crippen LogP contribution in [0.15, 0.2) is 47.5 Å². The number of benzene rings is 2. The standard InChI is InChI=1S/C18H15F8N5S2/c1-32(27,28)9-10-4-12(7-13(5-10)33(22,23,24,25)26)30-18-29-8-16(21)17(31-18)14-3-2-11(19)6-15(14)20/h2-8,27-28H,9H2,1H3,(H,29,30,31). The van der Waals surface area contributed by atoms with Crippen LogP contribution in [0.25, 0.3) is 11.3 Å². The molecule has 33 heavy (non-hydrogen) atoms. The number of nitrogens with one attached hydrogen (secondary N) is 3. The SMILES string of the molecule is CS(=N)(=N)Cc1cc(Nc2ncc(F)c(-c3ccc(F)cc3F)n2)cc(S(F)(F)(F)(F)F)c1. The van der Waals surface area contributed by atoms with Gasteiger partial charge in [-0.25, -0.2) is 23.1 Å². The average molecular weight is 517 g/mol. The molecular formula is C18H15F8N5S2. The molecule has 0 unspecified atom stereocenters. The number of halogens is 8. The van der Waals surface area contributed by atoms with Crippen LogP contribution < -0.4 is 5.32 Å². The fourth-order valence-electron chi connectivity index (χ4n) is 2.80. The lowest BCUT2D eigenvalue weighted by molar-refractivity contribution is 0.364. The van der Waals surface area contributed by atoms with Crippen LogP contribution in [0.4, 0.5) is 44.2 Å². The molecule has 0 aliphatic carbocycles. The van der Waals surface area contributed by atoms with Crippen LogP contribution in [0, 0.1) is 27.0 Å². The molecule has 0 aliphatic heterocycles. The first-order chi connectivity index (χ1) is 14.8. The Labute approximate surface area is 183 Å². The maximum Gasteiger partial charge on any atom is 0.310 e. The van der Waals surface area contributed by atoms with Gasteiger partial charge in [-0.15, -0.1) is 0 Å². The van der Waals surface area contributed by atoms with Crippen molar-refractivity contribution in [3.8, 4) is 11.3 Å². The van der Waals surface area contributed by atoms with Gasteiger partial charge in [0.1, 0.15) is 22.2 Å². The summed E-state index contributed by atoms with van der Waals surface area (Å²) < 4.78 is 124. The molecule has 180 valence electrons. The van der Waals surface area contributed by atoms with Gasteiger partial charge in [-0.1, -0.05) is 29.0 Å². The Balaban J connectivity index is 2.10. The Morgan fingerprint density at radius 2 is 1.61 bits per heavy atom. The lowest BCUT2D eigenvalue weighted by Gasteiger charge is -2.41. The number of hydrogen-bond donors (Lipinski definition) is 3. The first kappa shape index (κ1) is 24.7. The lowest BCUT2D eigenvalue weighted by Crippen LogP contribution is -2.09. The molecule has 1 heterocycles. The molecule has 3 aromatic rings. The van der Waals surface area contributed by atoms with E-state index in [9.17, 15) is 32.6 Å². The van der Waals surface area contributed by atoms with Gasteiger partial charge in [0.15, 0.2) is 5.82 Å². The zero-order valence-corrected chi connectivity index (χ0v) is 18.1. The van der Waals surface area contributed by atoms with Gasteiger partial charge in [-0.05, 0) is 35.9 Å². The summed E-state index contributed by atoms with van der Waals surface area (Å²) in [4.78, 5) is 4.93. The minimum absolute atomic E-state index is 0.0937. The van der Waals surface area contributed by atoms with Crippen LogP contribution in [0.5, 0.6) is 0 Å². The van der Waals surface area contributed by atoms with Gasteiger partial charge in [0, 0.05) is 29.3 Å². The van der Waals surface area contributed by atoms with Gasteiger partial charge in [0.05, 0.1) is 6.20 Å². The van der Waals surface area contributed by atoms with Crippen molar-refractivity contribution in [2.75, 3.05) is 11.6 Å². The Kier molecular flexibility index (Phi) is 5.45. The van der Waals surface area contributed by atoms with Gasteiger partial charge in [-0.2, -0.15) is 0 Å². The summed E-state index contributed by atoms with van der Waals surface area (Å²) in [6, 6.07) is 3.45. The minimum atomic E-state index is -10.1. The van der Waals surface area contributed by atoms with Gasteiger partial charge >= 0.3 is 10.2 Å². The highest BCUT2D eigenvalue weighted by atomic mass is 32.5. The van der Waals surface area contributed by atoms with Crippen molar-refractivity contribution in [2.24, 2.45) is 0 Å². The highest BCUT2D eigenvalue weighted by molar-refractivity contribution is 8.45. The van der Waals surface area contributed by atoms with Crippen molar-refractivity contribution < 1.29 is 32.6 Å². The van der Waals surface area contributed by atoms with Crippen molar-refractivity contribution in [3.05, 3.63) is 65.6 Å². The third kappa shape index (κ3) is 6.31. The molecule has 2 aromatic carbocycles. The Morgan fingerprint density at radius 1 is 0.939 bits per heavy atom. The summed E-state index contributed by atoms with van der Waals surface area (Å²) in [5.41, 5.74) is -2.05. The molecule has 0 amide bonds. The number of nitrogens with zero attached hydrogens (tertiary/aromatic N) is 2. The molecule has 1 aromatic heterocycles. The summed E-state index contributed by atoms with van der Waals surface area (Å²) in [6.07, 6.45) is 1.71. The van der Waals surface area contributed by atoms with E-state index in [-0.39, 0.29) is 17.7 Å². The van der Waals surface area contributed by atoms with Crippen LogP contribution >= 0.6 is 10.2 Å². The number of anilines is 2. The highest BCUT2D eigenvalue weighted by Crippen LogP contribution is 3.02. The zero-order chi connectivity index (χ0) is 24.9. The van der Waals surface area contributed by atoms with Crippen LogP contribution in [0.3, 0.4) is 0 Å². The molecular weight excluding hydrogens is 502 g/mol. The lowest BCUT2D eigenvalue weighted by atomic mass is 10.1. The normalized spacial score (nSPS) is 14.5. The van der Waals surface area contributed by atoms with Crippen molar-refractivity contribution in [2.45, 2.75) is 10.6 Å². The molecule has 0 saturated carbocycles. The predicted octanol–water partition coefficient (Wildman–Crippen LogP) is 7.77. The van der Waals surface area contributed by atoms with Gasteiger partial charge in [-0.3, -0.25) is 9.56 Å². The van der Waals surface area contributed by atoms with Crippen molar-refractivity contribution >= 4 is 31.5 Å². The number of hydrogen-bond acceptors (Lipinski definition) is 5. The van der Waals surface area contributed by atoms with Crippen LogP contribution in [0.1, 0.15) is 5.56 Å². The quantitative estimate of drug-likeness (QED) is 0.292. The fourth-order valence-corrected chi connectivity index (χ4v) is 4.36. The molecule has 0 fully saturated rings. The fraction of sp³-hybridized carbons (Fsp3) is 0.111. The van der Waals surface area contributed by atoms with Crippen molar-refractivity contribution in [3.63, 3.8) is 0 Å². The molecule has 15 heteroatoms. The monoisotopic (exact) mass is 517 g/mol. The smallest absolute Gasteiger partial charge is 0.310 e. The second-order valence-corrected chi connectivity index (χ2v) is 12.1. The average Bonchev–Trinajstić information content (AvgIpc) is 2.60. The molecule has 0 saturated heterocycles. The Bertz CT molecular complexity index is 1360. The summed E-state index contributed by atoms with van der Waals surface area (Å²) in [6.45, 7) is 0. The molecule has 5 nitrogen and oxygen atoms in total. The first-order valence-electron chi connectivity index (χ1n) is 8.69. The van der Waals surface area contributed by atoms with Crippen molar-refractivity contribution in [1.82, 2.24) is 9.97 Å². The predicted molar refractivity (Wildman–Crippen MR) is 111 cm³/mol. The molecule has 0 bridgehead atoms. The minimum Gasteiger partial charge on any atom is -0.324 e. The van der Waals surface area contributed by atoms with E-state index in [1.807, 2.05) is 0 Å². The van der Waals surface area contributed by atoms with E-state index in [4.69, 9.17) is 9.56 Å². The zero-order valence-electron chi connectivity index (χ0n) is 16.5. The van der Waals surface area contributed by atoms with Crippen molar-refractivity contribution in [1.29, 1.82) is 9.56 Å². The summed E-state index contributed by atoms with van der Waals surface area (Å²) in [7, 11) is -13.0. The third-order valence-electron chi connectivity index (χ3n) is 4.05. The van der Waals surface area contributed by atoms with E-state index in [2.05, 4.69) is 15.3 Å². The van der Waals surface area contributed by atoms with E-state index < -0.39 is 70.8 Å². The largest absolute Gasteiger partial charge is 0.324 e. The second-order valence-electron chi connectivity index (χ2n) is 7.21. The second kappa shape index (κ2) is 7.28. The van der Waals surface area contributed by atoms with Crippen LogP contribution in [-0.2, 0) is 15.4 Å². The van der Waals surface area contributed by atoms with E-state index >= 15 is 0 Å².